The molecule has 0 bridgehead atoms. The van der Waals surface area contributed by atoms with E-state index in [4.69, 9.17) is 5.26 Å². The van der Waals surface area contributed by atoms with Crippen LogP contribution < -0.4 is 10.6 Å². The van der Waals surface area contributed by atoms with Gasteiger partial charge in [-0.25, -0.2) is 4.79 Å². The molecule has 2 N–H and O–H groups in total. The maximum absolute atomic E-state index is 12.4. The number of nitrogens with zero attached hydrogens (tertiary/aromatic N) is 1. The lowest BCUT2D eigenvalue weighted by Crippen LogP contribution is -2.31. The maximum Gasteiger partial charge on any atom is 0.319 e. The molecule has 4 nitrogen and oxygen atoms in total. The minimum Gasteiger partial charge on any atom is -0.331 e. The van der Waals surface area contributed by atoms with Crippen LogP contribution in [0.2, 0.25) is 0 Å². The van der Waals surface area contributed by atoms with Gasteiger partial charge in [0.1, 0.15) is 0 Å². The van der Waals surface area contributed by atoms with Crippen LogP contribution in [0.1, 0.15) is 31.0 Å². The zero-order chi connectivity index (χ0) is 18.2. The fourth-order valence-electron chi connectivity index (χ4n) is 2.45. The Morgan fingerprint density at radius 2 is 1.84 bits per heavy atom. The van der Waals surface area contributed by atoms with Crippen LogP contribution in [0.25, 0.3) is 0 Å². The third-order valence-corrected chi connectivity index (χ3v) is 5.18. The number of rotatable bonds is 6. The van der Waals surface area contributed by atoms with Crippen molar-refractivity contribution in [3.63, 3.8) is 0 Å². The topological polar surface area (TPSA) is 64.9 Å². The Labute approximate surface area is 153 Å². The van der Waals surface area contributed by atoms with Crippen LogP contribution in [0, 0.1) is 24.2 Å². The van der Waals surface area contributed by atoms with Gasteiger partial charge in [-0.1, -0.05) is 36.4 Å². The molecule has 2 atom stereocenters. The standard InChI is InChI=1S/C20H23N3OS/c1-14(12-21)13-25-19-11-7-6-10-18(19)23-20(24)22-16(3)17-9-5-4-8-15(17)2/h4-11,14,16H,13H2,1-3H3,(H2,22,23,24). The van der Waals surface area contributed by atoms with Gasteiger partial charge >= 0.3 is 6.03 Å². The summed E-state index contributed by atoms with van der Waals surface area (Å²) in [6, 6.07) is 17.6. The number of aryl methyl sites for hydroxylation is 1. The minimum atomic E-state index is -0.239. The molecule has 2 amide bonds. The van der Waals surface area contributed by atoms with Gasteiger partial charge in [-0.05, 0) is 44.0 Å². The number of hydrogen-bond acceptors (Lipinski definition) is 3. The zero-order valence-corrected chi connectivity index (χ0v) is 15.6. The molecule has 0 saturated heterocycles. The molecule has 25 heavy (non-hydrogen) atoms. The highest BCUT2D eigenvalue weighted by atomic mass is 32.2. The third-order valence-electron chi connectivity index (χ3n) is 3.85. The molecule has 5 heteroatoms. The predicted molar refractivity (Wildman–Crippen MR) is 104 cm³/mol. The first-order valence-electron chi connectivity index (χ1n) is 8.25. The summed E-state index contributed by atoms with van der Waals surface area (Å²) in [5, 5.41) is 14.8. The minimum absolute atomic E-state index is 0.0343. The van der Waals surface area contributed by atoms with Crippen LogP contribution in [-0.4, -0.2) is 11.8 Å². The van der Waals surface area contributed by atoms with Crippen LogP contribution in [0.15, 0.2) is 53.4 Å². The highest BCUT2D eigenvalue weighted by Crippen LogP contribution is 2.28. The van der Waals surface area contributed by atoms with Crippen LogP contribution in [0.4, 0.5) is 10.5 Å². The number of nitrogens with one attached hydrogen (secondary N) is 2. The fourth-order valence-corrected chi connectivity index (χ4v) is 3.41. The summed E-state index contributed by atoms with van der Waals surface area (Å²) in [6.07, 6.45) is 0. The number of carbonyl (C=O) groups is 1. The third kappa shape index (κ3) is 5.54. The number of carbonyl (C=O) groups excluding carboxylic acids is 1. The van der Waals surface area contributed by atoms with Crippen molar-refractivity contribution in [2.24, 2.45) is 5.92 Å². The molecule has 0 saturated carbocycles. The van der Waals surface area contributed by atoms with E-state index in [2.05, 4.69) is 16.7 Å². The van der Waals surface area contributed by atoms with Gasteiger partial charge in [-0.3, -0.25) is 0 Å². The number of urea groups is 1. The van der Waals surface area contributed by atoms with E-state index in [1.165, 1.54) is 0 Å². The van der Waals surface area contributed by atoms with Crippen molar-refractivity contribution in [1.82, 2.24) is 5.32 Å². The Hall–Kier alpha value is -2.45. The molecule has 2 unspecified atom stereocenters. The Morgan fingerprint density at radius 3 is 2.56 bits per heavy atom. The second-order valence-corrected chi connectivity index (χ2v) is 7.08. The van der Waals surface area contributed by atoms with Crippen LogP contribution >= 0.6 is 11.8 Å². The Balaban J connectivity index is 2.01. The largest absolute Gasteiger partial charge is 0.331 e. The van der Waals surface area contributed by atoms with Crippen molar-refractivity contribution in [3.8, 4) is 6.07 Å². The monoisotopic (exact) mass is 353 g/mol. The van der Waals surface area contributed by atoms with Crippen molar-refractivity contribution >= 4 is 23.5 Å². The van der Waals surface area contributed by atoms with Crippen LogP contribution in [0.5, 0.6) is 0 Å². The van der Waals surface area contributed by atoms with Gasteiger partial charge in [0.25, 0.3) is 0 Å². The summed E-state index contributed by atoms with van der Waals surface area (Å²) in [5.41, 5.74) is 3.01. The molecule has 0 aliphatic carbocycles. The summed E-state index contributed by atoms with van der Waals surface area (Å²) in [5.74, 6) is 0.657. The van der Waals surface area contributed by atoms with Gasteiger partial charge < -0.3 is 10.6 Å². The number of anilines is 1. The van der Waals surface area contributed by atoms with E-state index in [9.17, 15) is 4.79 Å². The van der Waals surface area contributed by atoms with Gasteiger partial charge in [0.05, 0.1) is 23.7 Å². The van der Waals surface area contributed by atoms with E-state index in [0.29, 0.717) is 5.75 Å². The van der Waals surface area contributed by atoms with Crippen molar-refractivity contribution < 1.29 is 4.79 Å². The summed E-state index contributed by atoms with van der Waals surface area (Å²) in [7, 11) is 0. The molecular weight excluding hydrogens is 330 g/mol. The Morgan fingerprint density at radius 1 is 1.16 bits per heavy atom. The predicted octanol–water partition coefficient (Wildman–Crippen LogP) is 5.13. The van der Waals surface area contributed by atoms with Crippen LogP contribution in [-0.2, 0) is 0 Å². The number of benzene rings is 2. The van der Waals surface area contributed by atoms with Gasteiger partial charge in [0.15, 0.2) is 0 Å². The molecule has 0 aromatic heterocycles. The molecule has 0 spiro atoms. The maximum atomic E-state index is 12.4. The molecule has 0 aliphatic rings. The van der Waals surface area contributed by atoms with Crippen molar-refractivity contribution in [2.75, 3.05) is 11.1 Å². The van der Waals surface area contributed by atoms with Gasteiger partial charge in [-0.15, -0.1) is 11.8 Å². The normalized spacial score (nSPS) is 12.7. The van der Waals surface area contributed by atoms with E-state index in [0.717, 1.165) is 21.7 Å². The smallest absolute Gasteiger partial charge is 0.319 e. The quantitative estimate of drug-likeness (QED) is 0.708. The molecular formula is C20H23N3OS. The molecule has 0 heterocycles. The first kappa shape index (κ1) is 18.9. The SMILES string of the molecule is Cc1ccccc1C(C)NC(=O)Nc1ccccc1SCC(C)C#N. The second-order valence-electron chi connectivity index (χ2n) is 6.01. The highest BCUT2D eigenvalue weighted by Gasteiger charge is 2.13. The lowest BCUT2D eigenvalue weighted by Gasteiger charge is -2.18. The molecule has 0 radical (unpaired) electrons. The Bertz CT molecular complexity index is 770. The summed E-state index contributed by atoms with van der Waals surface area (Å²) < 4.78 is 0. The molecule has 2 aromatic rings. The van der Waals surface area contributed by atoms with Gasteiger partial charge in [-0.2, -0.15) is 5.26 Å². The molecule has 130 valence electrons. The zero-order valence-electron chi connectivity index (χ0n) is 14.7. The lowest BCUT2D eigenvalue weighted by molar-refractivity contribution is 0.249. The number of nitriles is 1. The summed E-state index contributed by atoms with van der Waals surface area (Å²) in [6.45, 7) is 5.89. The van der Waals surface area contributed by atoms with Gasteiger partial charge in [0.2, 0.25) is 0 Å². The number of amides is 2. The van der Waals surface area contributed by atoms with Gasteiger partial charge in [0, 0.05) is 10.6 Å². The van der Waals surface area contributed by atoms with E-state index in [-0.39, 0.29) is 18.0 Å². The average Bonchev–Trinajstić information content (AvgIpc) is 2.60. The van der Waals surface area contributed by atoms with Crippen molar-refractivity contribution in [2.45, 2.75) is 31.7 Å². The molecule has 2 aromatic carbocycles. The number of hydrogen-bond donors (Lipinski definition) is 2. The first-order valence-corrected chi connectivity index (χ1v) is 9.24. The number of para-hydroxylation sites is 1. The van der Waals surface area contributed by atoms with Crippen molar-refractivity contribution in [1.29, 1.82) is 5.26 Å². The molecule has 2 rings (SSSR count). The van der Waals surface area contributed by atoms with E-state index >= 15 is 0 Å². The average molecular weight is 353 g/mol. The van der Waals surface area contributed by atoms with E-state index in [1.54, 1.807) is 11.8 Å². The second kappa shape index (κ2) is 9.14. The fraction of sp³-hybridized carbons (Fsp3) is 0.300. The summed E-state index contributed by atoms with van der Waals surface area (Å²) >= 11 is 1.57. The molecule has 0 fully saturated rings. The highest BCUT2D eigenvalue weighted by molar-refractivity contribution is 7.99. The molecule has 0 aliphatic heterocycles. The first-order chi connectivity index (χ1) is 12.0. The lowest BCUT2D eigenvalue weighted by atomic mass is 10.0. The van der Waals surface area contributed by atoms with E-state index < -0.39 is 0 Å². The van der Waals surface area contributed by atoms with E-state index in [1.807, 2.05) is 69.3 Å². The number of thioether (sulfide) groups is 1. The van der Waals surface area contributed by atoms with Crippen LogP contribution in [0.3, 0.4) is 0 Å². The van der Waals surface area contributed by atoms with Crippen molar-refractivity contribution in [3.05, 3.63) is 59.7 Å². The Kier molecular flexibility index (Phi) is 6.91. The summed E-state index contributed by atoms with van der Waals surface area (Å²) in [4.78, 5) is 13.3.